The Hall–Kier alpha value is -3.75. The Morgan fingerprint density at radius 2 is 1.65 bits per heavy atom. The Morgan fingerprint density at radius 3 is 2.39 bits per heavy atom. The summed E-state index contributed by atoms with van der Waals surface area (Å²) in [7, 11) is -1.52. The molecule has 2 aliphatic heterocycles. The Labute approximate surface area is 176 Å². The maximum Gasteiger partial charge on any atom is 0.488 e. The molecule has 3 aromatic carbocycles. The first-order valence-electron chi connectivity index (χ1n) is 9.74. The van der Waals surface area contributed by atoms with Gasteiger partial charge in [0, 0.05) is 18.1 Å². The summed E-state index contributed by atoms with van der Waals surface area (Å²) in [5.74, 6) is -0.518. The normalized spacial score (nSPS) is 11.3. The van der Waals surface area contributed by atoms with Gasteiger partial charge in [0.1, 0.15) is 17.2 Å². The van der Waals surface area contributed by atoms with E-state index < -0.39 is 18.5 Å². The zero-order chi connectivity index (χ0) is 21.5. The molecular formula is C23H17BFN3O3. The van der Waals surface area contributed by atoms with Gasteiger partial charge in [-0.15, -0.1) is 0 Å². The van der Waals surface area contributed by atoms with Crippen molar-refractivity contribution in [3.05, 3.63) is 101 Å². The minimum Gasteiger partial charge on any atom is -0.423 e. The second-order valence-electron chi connectivity index (χ2n) is 7.32. The predicted molar refractivity (Wildman–Crippen MR) is 117 cm³/mol. The third-order valence-corrected chi connectivity index (χ3v) is 5.34. The van der Waals surface area contributed by atoms with Crippen LogP contribution in [0, 0.1) is 5.82 Å². The molecule has 0 atom stereocenters. The van der Waals surface area contributed by atoms with Crippen LogP contribution in [0.4, 0.5) is 4.39 Å². The first kappa shape index (κ1) is 19.2. The number of para-hydroxylation sites is 2. The molecule has 0 amide bonds. The van der Waals surface area contributed by atoms with E-state index in [1.165, 1.54) is 12.1 Å². The van der Waals surface area contributed by atoms with Gasteiger partial charge in [-0.05, 0) is 29.2 Å². The van der Waals surface area contributed by atoms with Crippen molar-refractivity contribution in [1.82, 2.24) is 14.3 Å². The third kappa shape index (κ3) is 3.32. The van der Waals surface area contributed by atoms with E-state index in [-0.39, 0.29) is 5.69 Å². The molecule has 0 unspecified atom stereocenters. The average Bonchev–Trinajstić information content (AvgIpc) is 3.11. The molecule has 2 N–H and O–H groups in total. The van der Waals surface area contributed by atoms with Gasteiger partial charge in [-0.3, -0.25) is 4.79 Å². The Bertz CT molecular complexity index is 1430. The lowest BCUT2D eigenvalue weighted by molar-refractivity contribution is 0.426. The summed E-state index contributed by atoms with van der Waals surface area (Å²) in [6, 6.07) is 20.6. The number of hydrogen-bond acceptors (Lipinski definition) is 4. The predicted octanol–water partition coefficient (Wildman–Crippen LogP) is 2.16. The quantitative estimate of drug-likeness (QED) is 0.443. The summed E-state index contributed by atoms with van der Waals surface area (Å²) in [5.41, 5.74) is 2.83. The molecule has 0 saturated carbocycles. The van der Waals surface area contributed by atoms with Crippen molar-refractivity contribution in [2.24, 2.45) is 0 Å². The van der Waals surface area contributed by atoms with Crippen LogP contribution in [0.25, 0.3) is 27.8 Å². The summed E-state index contributed by atoms with van der Waals surface area (Å²) in [6.45, 7) is 0.461. The number of aromatic nitrogens is 3. The van der Waals surface area contributed by atoms with Gasteiger partial charge in [0.25, 0.3) is 5.56 Å². The van der Waals surface area contributed by atoms with Gasteiger partial charge in [0.05, 0.1) is 11.1 Å². The van der Waals surface area contributed by atoms with Crippen molar-refractivity contribution < 1.29 is 14.4 Å². The van der Waals surface area contributed by atoms with Crippen LogP contribution in [-0.2, 0) is 6.54 Å². The highest BCUT2D eigenvalue weighted by atomic mass is 19.1. The minimum absolute atomic E-state index is 0.109. The van der Waals surface area contributed by atoms with Crippen LogP contribution in [-0.4, -0.2) is 31.5 Å². The van der Waals surface area contributed by atoms with Crippen molar-refractivity contribution in [2.75, 3.05) is 0 Å². The molecule has 0 aliphatic carbocycles. The highest BCUT2D eigenvalue weighted by Gasteiger charge is 2.22. The molecule has 0 aromatic heterocycles. The van der Waals surface area contributed by atoms with E-state index >= 15 is 0 Å². The highest BCUT2D eigenvalue weighted by molar-refractivity contribution is 6.58. The molecule has 0 spiro atoms. The van der Waals surface area contributed by atoms with E-state index in [9.17, 15) is 19.2 Å². The number of pyridine rings is 1. The van der Waals surface area contributed by atoms with Crippen LogP contribution < -0.4 is 11.0 Å². The monoisotopic (exact) mass is 413 g/mol. The molecule has 2 aliphatic rings. The lowest BCUT2D eigenvalue weighted by Gasteiger charge is -2.14. The number of nitrogens with zero attached hydrogens (tertiary/aromatic N) is 3. The fraction of sp³-hybridized carbons (Fsp3) is 0.0435. The number of benzene rings is 3. The van der Waals surface area contributed by atoms with Gasteiger partial charge < -0.3 is 14.6 Å². The van der Waals surface area contributed by atoms with E-state index in [1.54, 1.807) is 30.5 Å². The van der Waals surface area contributed by atoms with Crippen molar-refractivity contribution in [1.29, 1.82) is 0 Å². The zero-order valence-corrected chi connectivity index (χ0v) is 16.3. The van der Waals surface area contributed by atoms with Crippen molar-refractivity contribution >= 4 is 23.5 Å². The molecule has 31 heavy (non-hydrogen) atoms. The van der Waals surface area contributed by atoms with E-state index in [0.29, 0.717) is 23.3 Å². The SMILES string of the molecule is O=c1c2cn(Cc3ccc(B(O)O)cc3)c3ccccc3c-2nn1-c1ccccc1F. The molecule has 0 fully saturated rings. The topological polar surface area (TPSA) is 80.3 Å². The summed E-state index contributed by atoms with van der Waals surface area (Å²) in [6.07, 6.45) is 1.74. The maximum absolute atomic E-state index is 14.3. The van der Waals surface area contributed by atoms with E-state index in [1.807, 2.05) is 41.0 Å². The number of hydrogen-bond donors (Lipinski definition) is 2. The van der Waals surface area contributed by atoms with E-state index in [0.717, 1.165) is 21.1 Å². The summed E-state index contributed by atoms with van der Waals surface area (Å²) in [5, 5.41) is 23.8. The van der Waals surface area contributed by atoms with Crippen LogP contribution >= 0.6 is 0 Å². The maximum atomic E-state index is 14.3. The fourth-order valence-corrected chi connectivity index (χ4v) is 3.79. The summed E-state index contributed by atoms with van der Waals surface area (Å²) >= 11 is 0. The Morgan fingerprint density at radius 1 is 0.935 bits per heavy atom. The molecule has 0 radical (unpaired) electrons. The first-order chi connectivity index (χ1) is 15.0. The Balaban J connectivity index is 1.69. The molecular weight excluding hydrogens is 396 g/mol. The Kier molecular flexibility index (Phi) is 4.65. The van der Waals surface area contributed by atoms with Gasteiger partial charge >= 0.3 is 7.12 Å². The molecule has 0 bridgehead atoms. The molecule has 5 rings (SSSR count). The summed E-state index contributed by atoms with van der Waals surface area (Å²) in [4.78, 5) is 13.1. The van der Waals surface area contributed by atoms with E-state index in [4.69, 9.17) is 0 Å². The van der Waals surface area contributed by atoms with Gasteiger partial charge in [-0.2, -0.15) is 9.78 Å². The highest BCUT2D eigenvalue weighted by Crippen LogP contribution is 2.28. The van der Waals surface area contributed by atoms with E-state index in [2.05, 4.69) is 5.10 Å². The van der Waals surface area contributed by atoms with Crippen molar-refractivity contribution in [2.45, 2.75) is 6.54 Å². The van der Waals surface area contributed by atoms with Crippen LogP contribution in [0.1, 0.15) is 5.56 Å². The molecule has 3 aromatic rings. The van der Waals surface area contributed by atoms with Crippen LogP contribution in [0.15, 0.2) is 83.8 Å². The second kappa shape index (κ2) is 7.50. The smallest absolute Gasteiger partial charge is 0.423 e. The van der Waals surface area contributed by atoms with Crippen LogP contribution in [0.5, 0.6) is 0 Å². The standard InChI is InChI=1S/C23H17BFN3O3/c25-19-6-2-4-8-21(19)28-23(29)18-14-27(13-15-9-11-16(12-10-15)24(30)31)20-7-3-1-5-17(20)22(18)26-28/h1-12,14,30-31H,13H2. The minimum atomic E-state index is -1.52. The fourth-order valence-electron chi connectivity index (χ4n) is 3.79. The lowest BCUT2D eigenvalue weighted by Crippen LogP contribution is -2.29. The first-order valence-corrected chi connectivity index (χ1v) is 9.74. The lowest BCUT2D eigenvalue weighted by atomic mass is 9.80. The number of halogens is 1. The van der Waals surface area contributed by atoms with Gasteiger partial charge in [-0.25, -0.2) is 4.39 Å². The molecule has 8 heteroatoms. The zero-order valence-electron chi connectivity index (χ0n) is 16.3. The van der Waals surface area contributed by atoms with Crippen LogP contribution in [0.3, 0.4) is 0 Å². The van der Waals surface area contributed by atoms with Crippen molar-refractivity contribution in [3.8, 4) is 16.9 Å². The number of fused-ring (bicyclic) bond motifs is 3. The van der Waals surface area contributed by atoms with Crippen molar-refractivity contribution in [3.63, 3.8) is 0 Å². The molecule has 2 heterocycles. The largest absolute Gasteiger partial charge is 0.488 e. The number of rotatable bonds is 4. The second-order valence-corrected chi connectivity index (χ2v) is 7.32. The van der Waals surface area contributed by atoms with Gasteiger partial charge in [-0.1, -0.05) is 54.6 Å². The third-order valence-electron chi connectivity index (χ3n) is 5.34. The van der Waals surface area contributed by atoms with Gasteiger partial charge in [0.15, 0.2) is 0 Å². The molecule has 0 saturated heterocycles. The summed E-state index contributed by atoms with van der Waals surface area (Å²) < 4.78 is 17.4. The average molecular weight is 413 g/mol. The molecule has 152 valence electrons. The van der Waals surface area contributed by atoms with Crippen LogP contribution in [0.2, 0.25) is 0 Å². The van der Waals surface area contributed by atoms with Gasteiger partial charge in [0.2, 0.25) is 0 Å². The molecule has 6 nitrogen and oxygen atoms in total.